The van der Waals surface area contributed by atoms with E-state index in [-0.39, 0.29) is 0 Å². The SMILES string of the molecule is CN1CCC(CNc2ccc(N)c3ccncc23)C1. The maximum absolute atomic E-state index is 6.00. The van der Waals surface area contributed by atoms with Crippen LogP contribution in [0.4, 0.5) is 11.4 Å². The smallest absolute Gasteiger partial charge is 0.0437 e. The number of anilines is 2. The molecule has 1 aromatic heterocycles. The van der Waals surface area contributed by atoms with Gasteiger partial charge in [-0.1, -0.05) is 0 Å². The summed E-state index contributed by atoms with van der Waals surface area (Å²) in [6, 6.07) is 5.99. The van der Waals surface area contributed by atoms with Crippen molar-refractivity contribution in [3.8, 4) is 0 Å². The Morgan fingerprint density at radius 2 is 2.26 bits per heavy atom. The third kappa shape index (κ3) is 2.49. The average molecular weight is 256 g/mol. The molecule has 1 atom stereocenters. The molecule has 0 bridgehead atoms. The van der Waals surface area contributed by atoms with Gasteiger partial charge in [0.05, 0.1) is 0 Å². The summed E-state index contributed by atoms with van der Waals surface area (Å²) >= 11 is 0. The molecule has 100 valence electrons. The van der Waals surface area contributed by atoms with E-state index in [0.29, 0.717) is 0 Å². The van der Waals surface area contributed by atoms with Crippen molar-refractivity contribution >= 4 is 22.1 Å². The number of likely N-dealkylation sites (tertiary alicyclic amines) is 1. The van der Waals surface area contributed by atoms with Crippen LogP contribution in [0.1, 0.15) is 6.42 Å². The molecule has 3 N–H and O–H groups in total. The fourth-order valence-corrected chi connectivity index (χ4v) is 2.81. The van der Waals surface area contributed by atoms with E-state index in [1.165, 1.54) is 19.5 Å². The first-order chi connectivity index (χ1) is 9.24. The van der Waals surface area contributed by atoms with Crippen LogP contribution in [0.2, 0.25) is 0 Å². The summed E-state index contributed by atoms with van der Waals surface area (Å²) in [5, 5.41) is 5.73. The Morgan fingerprint density at radius 1 is 1.37 bits per heavy atom. The molecule has 0 aliphatic carbocycles. The van der Waals surface area contributed by atoms with Crippen LogP contribution >= 0.6 is 0 Å². The lowest BCUT2D eigenvalue weighted by Crippen LogP contribution is -2.19. The Balaban J connectivity index is 1.79. The van der Waals surface area contributed by atoms with Gasteiger partial charge in [-0.3, -0.25) is 4.98 Å². The lowest BCUT2D eigenvalue weighted by molar-refractivity contribution is 0.399. The molecule has 4 heteroatoms. The van der Waals surface area contributed by atoms with E-state index in [4.69, 9.17) is 5.73 Å². The number of fused-ring (bicyclic) bond motifs is 1. The molecule has 0 radical (unpaired) electrons. The van der Waals surface area contributed by atoms with Crippen LogP contribution in [-0.4, -0.2) is 36.6 Å². The number of benzene rings is 1. The van der Waals surface area contributed by atoms with Crippen molar-refractivity contribution in [3.63, 3.8) is 0 Å². The molecule has 1 saturated heterocycles. The standard InChI is InChI=1S/C15H20N4/c1-19-7-5-11(10-19)8-18-15-3-2-14(16)12-4-6-17-9-13(12)15/h2-4,6,9,11,18H,5,7-8,10,16H2,1H3. The molecule has 1 unspecified atom stereocenters. The van der Waals surface area contributed by atoms with Crippen molar-refractivity contribution in [2.75, 3.05) is 37.7 Å². The summed E-state index contributed by atoms with van der Waals surface area (Å²) < 4.78 is 0. The van der Waals surface area contributed by atoms with Gasteiger partial charge in [0.2, 0.25) is 0 Å². The Labute approximate surface area is 113 Å². The average Bonchev–Trinajstić information content (AvgIpc) is 2.84. The monoisotopic (exact) mass is 256 g/mol. The Hall–Kier alpha value is -1.81. The minimum absolute atomic E-state index is 0.731. The fourth-order valence-electron chi connectivity index (χ4n) is 2.81. The molecule has 1 aliphatic rings. The third-order valence-corrected chi connectivity index (χ3v) is 3.92. The molecule has 1 aromatic carbocycles. The zero-order valence-corrected chi connectivity index (χ0v) is 11.3. The number of nitrogen functional groups attached to an aromatic ring is 1. The summed E-state index contributed by atoms with van der Waals surface area (Å²) in [4.78, 5) is 6.59. The highest BCUT2D eigenvalue weighted by Crippen LogP contribution is 2.28. The van der Waals surface area contributed by atoms with E-state index in [2.05, 4.69) is 28.3 Å². The van der Waals surface area contributed by atoms with Crippen LogP contribution in [0.5, 0.6) is 0 Å². The first-order valence-electron chi connectivity index (χ1n) is 6.78. The summed E-state index contributed by atoms with van der Waals surface area (Å²) in [6.45, 7) is 3.40. The molecule has 2 aromatic rings. The van der Waals surface area contributed by atoms with Gasteiger partial charge in [0.15, 0.2) is 0 Å². The predicted molar refractivity (Wildman–Crippen MR) is 80.2 cm³/mol. The number of pyridine rings is 1. The Bertz CT molecular complexity index is 581. The van der Waals surface area contributed by atoms with Crippen molar-refractivity contribution in [1.29, 1.82) is 0 Å². The molecule has 3 rings (SSSR count). The van der Waals surface area contributed by atoms with Gasteiger partial charge >= 0.3 is 0 Å². The van der Waals surface area contributed by atoms with Crippen LogP contribution < -0.4 is 11.1 Å². The highest BCUT2D eigenvalue weighted by atomic mass is 15.1. The predicted octanol–water partition coefficient (Wildman–Crippen LogP) is 2.18. The summed E-state index contributed by atoms with van der Waals surface area (Å²) in [7, 11) is 2.18. The van der Waals surface area contributed by atoms with Crippen molar-refractivity contribution in [2.24, 2.45) is 5.92 Å². The van der Waals surface area contributed by atoms with E-state index in [9.17, 15) is 0 Å². The van der Waals surface area contributed by atoms with Crippen molar-refractivity contribution in [2.45, 2.75) is 6.42 Å². The van der Waals surface area contributed by atoms with Gasteiger partial charge in [-0.15, -0.1) is 0 Å². The maximum atomic E-state index is 6.00. The van der Waals surface area contributed by atoms with E-state index >= 15 is 0 Å². The lowest BCUT2D eigenvalue weighted by Gasteiger charge is -2.15. The number of nitrogens with one attached hydrogen (secondary N) is 1. The van der Waals surface area contributed by atoms with Gasteiger partial charge in [-0.05, 0) is 44.1 Å². The van der Waals surface area contributed by atoms with Crippen LogP contribution in [-0.2, 0) is 0 Å². The first kappa shape index (κ1) is 12.2. The summed E-state index contributed by atoms with van der Waals surface area (Å²) in [5.41, 5.74) is 7.94. The summed E-state index contributed by atoms with van der Waals surface area (Å²) in [6.07, 6.45) is 4.94. The molecule has 19 heavy (non-hydrogen) atoms. The molecular formula is C15H20N4. The molecule has 4 nitrogen and oxygen atoms in total. The Kier molecular flexibility index (Phi) is 3.25. The number of aromatic nitrogens is 1. The molecule has 0 amide bonds. The molecule has 0 saturated carbocycles. The molecule has 0 spiro atoms. The number of nitrogens with two attached hydrogens (primary N) is 1. The zero-order chi connectivity index (χ0) is 13.2. The van der Waals surface area contributed by atoms with Gasteiger partial charge in [0, 0.05) is 47.6 Å². The minimum Gasteiger partial charge on any atom is -0.398 e. The van der Waals surface area contributed by atoms with Crippen molar-refractivity contribution in [1.82, 2.24) is 9.88 Å². The normalized spacial score (nSPS) is 19.9. The first-order valence-corrected chi connectivity index (χ1v) is 6.78. The molecule has 2 heterocycles. The second-order valence-corrected chi connectivity index (χ2v) is 5.42. The van der Waals surface area contributed by atoms with Crippen LogP contribution in [0, 0.1) is 5.92 Å². The van der Waals surface area contributed by atoms with Crippen LogP contribution in [0.25, 0.3) is 10.8 Å². The largest absolute Gasteiger partial charge is 0.398 e. The highest BCUT2D eigenvalue weighted by Gasteiger charge is 2.19. The minimum atomic E-state index is 0.731. The van der Waals surface area contributed by atoms with Crippen LogP contribution in [0.15, 0.2) is 30.6 Å². The molecule has 1 fully saturated rings. The Morgan fingerprint density at radius 3 is 3.05 bits per heavy atom. The quantitative estimate of drug-likeness (QED) is 0.827. The second-order valence-electron chi connectivity index (χ2n) is 5.42. The number of hydrogen-bond acceptors (Lipinski definition) is 4. The number of rotatable bonds is 3. The van der Waals surface area contributed by atoms with Gasteiger partial charge in [0.25, 0.3) is 0 Å². The zero-order valence-electron chi connectivity index (χ0n) is 11.3. The van der Waals surface area contributed by atoms with E-state index in [1.54, 1.807) is 6.20 Å². The highest BCUT2D eigenvalue weighted by molar-refractivity contribution is 6.00. The molecular weight excluding hydrogens is 236 g/mol. The summed E-state index contributed by atoms with van der Waals surface area (Å²) in [5.74, 6) is 0.731. The van der Waals surface area contributed by atoms with Crippen LogP contribution in [0.3, 0.4) is 0 Å². The lowest BCUT2D eigenvalue weighted by atomic mass is 10.1. The maximum Gasteiger partial charge on any atom is 0.0437 e. The van der Waals surface area contributed by atoms with Gasteiger partial charge in [-0.25, -0.2) is 0 Å². The number of nitrogens with zero attached hydrogens (tertiary/aromatic N) is 2. The van der Waals surface area contributed by atoms with Gasteiger partial charge in [0.1, 0.15) is 0 Å². The second kappa shape index (κ2) is 5.05. The third-order valence-electron chi connectivity index (χ3n) is 3.92. The van der Waals surface area contributed by atoms with E-state index < -0.39 is 0 Å². The topological polar surface area (TPSA) is 54.2 Å². The van der Waals surface area contributed by atoms with Gasteiger partial charge < -0.3 is 16.0 Å². The van der Waals surface area contributed by atoms with Crippen molar-refractivity contribution < 1.29 is 0 Å². The molecule has 1 aliphatic heterocycles. The number of hydrogen-bond donors (Lipinski definition) is 2. The van der Waals surface area contributed by atoms with Crippen molar-refractivity contribution in [3.05, 3.63) is 30.6 Å². The van der Waals surface area contributed by atoms with Gasteiger partial charge in [-0.2, -0.15) is 0 Å². The van der Waals surface area contributed by atoms with E-state index in [1.807, 2.05) is 18.3 Å². The van der Waals surface area contributed by atoms with E-state index in [0.717, 1.165) is 34.6 Å². The fraction of sp³-hybridized carbons (Fsp3) is 0.400.